The van der Waals surface area contributed by atoms with E-state index in [1.54, 1.807) is 6.20 Å². The lowest BCUT2D eigenvalue weighted by atomic mass is 10.3. The van der Waals surface area contributed by atoms with Crippen molar-refractivity contribution in [1.82, 2.24) is 25.5 Å². The van der Waals surface area contributed by atoms with Crippen LogP contribution in [0.5, 0.6) is 11.8 Å². The molecule has 0 amide bonds. The fraction of sp³-hybridized carbons (Fsp3) is 0.364. The molecule has 0 spiro atoms. The lowest BCUT2D eigenvalue weighted by Crippen LogP contribution is -2.13. The maximum absolute atomic E-state index is 5.59. The molecule has 90 valence electrons. The van der Waals surface area contributed by atoms with Gasteiger partial charge in [-0.1, -0.05) is 6.92 Å². The number of hydrogen-bond donors (Lipinski definition) is 2. The minimum absolute atomic E-state index is 0.513. The third-order valence-corrected chi connectivity index (χ3v) is 2.20. The Bertz CT molecular complexity index is 482. The van der Waals surface area contributed by atoms with E-state index >= 15 is 0 Å². The zero-order valence-electron chi connectivity index (χ0n) is 9.90. The molecule has 0 saturated heterocycles. The molecule has 0 aliphatic carbocycles. The number of aryl methyl sites for hydroxylation is 1. The molecule has 0 aromatic carbocycles. The highest BCUT2D eigenvalue weighted by Gasteiger charge is 2.07. The van der Waals surface area contributed by atoms with Crippen molar-refractivity contribution in [3.63, 3.8) is 0 Å². The Morgan fingerprint density at radius 2 is 2.35 bits per heavy atom. The molecule has 0 radical (unpaired) electrons. The maximum atomic E-state index is 5.59. The van der Waals surface area contributed by atoms with Crippen LogP contribution in [-0.2, 0) is 6.54 Å². The van der Waals surface area contributed by atoms with E-state index in [1.807, 2.05) is 19.9 Å². The smallest absolute Gasteiger partial charge is 0.240 e. The molecular formula is C11H15N5O. The number of hydrogen-bond acceptors (Lipinski definition) is 5. The van der Waals surface area contributed by atoms with Crippen LogP contribution in [0.1, 0.15) is 18.2 Å². The van der Waals surface area contributed by atoms with Crippen molar-refractivity contribution in [2.24, 2.45) is 0 Å². The van der Waals surface area contributed by atoms with Gasteiger partial charge in [0.15, 0.2) is 0 Å². The van der Waals surface area contributed by atoms with Gasteiger partial charge in [0.1, 0.15) is 6.33 Å². The number of H-pyrrole nitrogens is 1. The topological polar surface area (TPSA) is 75.7 Å². The number of aromatic nitrogens is 4. The summed E-state index contributed by atoms with van der Waals surface area (Å²) in [5.41, 5.74) is 1.86. The third-order valence-electron chi connectivity index (χ3n) is 2.20. The fourth-order valence-corrected chi connectivity index (χ4v) is 1.36. The van der Waals surface area contributed by atoms with E-state index in [0.29, 0.717) is 18.3 Å². The second kappa shape index (κ2) is 5.40. The van der Waals surface area contributed by atoms with Crippen LogP contribution in [0.4, 0.5) is 0 Å². The molecule has 2 aromatic heterocycles. The first-order valence-electron chi connectivity index (χ1n) is 5.49. The summed E-state index contributed by atoms with van der Waals surface area (Å²) in [7, 11) is 0. The predicted octanol–water partition coefficient (Wildman–Crippen LogP) is 1.41. The zero-order valence-corrected chi connectivity index (χ0v) is 9.90. The summed E-state index contributed by atoms with van der Waals surface area (Å²) in [6.07, 6.45) is 3.20. The van der Waals surface area contributed by atoms with Gasteiger partial charge in [0.2, 0.25) is 11.8 Å². The van der Waals surface area contributed by atoms with Gasteiger partial charge in [-0.15, -0.1) is 5.10 Å². The van der Waals surface area contributed by atoms with Gasteiger partial charge >= 0.3 is 0 Å². The number of nitrogens with zero attached hydrogens (tertiary/aromatic N) is 3. The normalized spacial score (nSPS) is 10.5. The van der Waals surface area contributed by atoms with Gasteiger partial charge in [-0.25, -0.2) is 9.97 Å². The summed E-state index contributed by atoms with van der Waals surface area (Å²) in [4.78, 5) is 8.09. The summed E-state index contributed by atoms with van der Waals surface area (Å²) in [6, 6.07) is 1.82. The van der Waals surface area contributed by atoms with Crippen molar-refractivity contribution in [2.75, 3.05) is 6.54 Å². The molecule has 0 atom stereocenters. The highest BCUT2D eigenvalue weighted by atomic mass is 16.5. The van der Waals surface area contributed by atoms with Crippen LogP contribution in [0.25, 0.3) is 0 Å². The Morgan fingerprint density at radius 1 is 1.47 bits per heavy atom. The molecule has 2 heterocycles. The van der Waals surface area contributed by atoms with Crippen LogP contribution in [0, 0.1) is 6.92 Å². The van der Waals surface area contributed by atoms with E-state index in [0.717, 1.165) is 17.8 Å². The second-order valence-corrected chi connectivity index (χ2v) is 3.62. The van der Waals surface area contributed by atoms with Crippen molar-refractivity contribution in [3.8, 4) is 11.8 Å². The summed E-state index contributed by atoms with van der Waals surface area (Å²) in [6.45, 7) is 5.52. The molecule has 6 nitrogen and oxygen atoms in total. The molecule has 0 fully saturated rings. The Morgan fingerprint density at radius 3 is 3.06 bits per heavy atom. The van der Waals surface area contributed by atoms with Crippen LogP contribution in [0.3, 0.4) is 0 Å². The quantitative estimate of drug-likeness (QED) is 0.816. The van der Waals surface area contributed by atoms with Crippen LogP contribution >= 0.6 is 0 Å². The number of ether oxygens (including phenoxy) is 1. The average molecular weight is 233 g/mol. The standard InChI is InChI=1S/C11H15N5O/c1-3-12-5-9-6-13-7-14-11(9)17-10-4-8(2)15-16-10/h4,6-7,12H,3,5H2,1-2H3,(H,15,16). The lowest BCUT2D eigenvalue weighted by Gasteiger charge is -2.07. The molecule has 0 aliphatic heterocycles. The summed E-state index contributed by atoms with van der Waals surface area (Å²) < 4.78 is 5.59. The van der Waals surface area contributed by atoms with Crippen LogP contribution in [-0.4, -0.2) is 26.7 Å². The minimum Gasteiger partial charge on any atom is -0.419 e. The summed E-state index contributed by atoms with van der Waals surface area (Å²) >= 11 is 0. The zero-order chi connectivity index (χ0) is 12.1. The van der Waals surface area contributed by atoms with Gasteiger partial charge in [0.25, 0.3) is 0 Å². The van der Waals surface area contributed by atoms with Crippen LogP contribution in [0.15, 0.2) is 18.6 Å². The van der Waals surface area contributed by atoms with Gasteiger partial charge in [-0.05, 0) is 13.5 Å². The van der Waals surface area contributed by atoms with Gasteiger partial charge in [0.05, 0.1) is 0 Å². The molecule has 2 rings (SSSR count). The van der Waals surface area contributed by atoms with E-state index in [4.69, 9.17) is 4.74 Å². The monoisotopic (exact) mass is 233 g/mol. The molecule has 0 unspecified atom stereocenters. The van der Waals surface area contributed by atoms with Crippen molar-refractivity contribution in [3.05, 3.63) is 29.8 Å². The van der Waals surface area contributed by atoms with Gasteiger partial charge in [0, 0.05) is 30.1 Å². The Kier molecular flexibility index (Phi) is 3.66. The molecule has 17 heavy (non-hydrogen) atoms. The number of rotatable bonds is 5. The van der Waals surface area contributed by atoms with Gasteiger partial charge in [-0.2, -0.15) is 0 Å². The Hall–Kier alpha value is -1.95. The molecule has 6 heteroatoms. The van der Waals surface area contributed by atoms with E-state index in [9.17, 15) is 0 Å². The molecule has 2 N–H and O–H groups in total. The minimum atomic E-state index is 0.513. The average Bonchev–Trinajstić information content (AvgIpc) is 2.74. The first-order valence-corrected chi connectivity index (χ1v) is 5.49. The molecule has 2 aromatic rings. The Balaban J connectivity index is 2.14. The SMILES string of the molecule is CCNCc1cncnc1Oc1cc(C)[nH]n1. The first kappa shape index (κ1) is 11.5. The highest BCUT2D eigenvalue weighted by Crippen LogP contribution is 2.20. The summed E-state index contributed by atoms with van der Waals surface area (Å²) in [5, 5.41) is 10.0. The van der Waals surface area contributed by atoms with E-state index in [1.165, 1.54) is 6.33 Å². The summed E-state index contributed by atoms with van der Waals surface area (Å²) in [5.74, 6) is 1.05. The molecular weight excluding hydrogens is 218 g/mol. The first-order chi connectivity index (χ1) is 8.29. The van der Waals surface area contributed by atoms with E-state index in [-0.39, 0.29) is 0 Å². The van der Waals surface area contributed by atoms with Crippen LogP contribution in [0.2, 0.25) is 0 Å². The van der Waals surface area contributed by atoms with Gasteiger partial charge < -0.3 is 10.1 Å². The van der Waals surface area contributed by atoms with Crippen LogP contribution < -0.4 is 10.1 Å². The maximum Gasteiger partial charge on any atom is 0.240 e. The fourth-order valence-electron chi connectivity index (χ4n) is 1.36. The number of nitrogens with one attached hydrogen (secondary N) is 2. The largest absolute Gasteiger partial charge is 0.419 e. The van der Waals surface area contributed by atoms with E-state index in [2.05, 4.69) is 25.5 Å². The molecule has 0 aliphatic rings. The molecule has 0 bridgehead atoms. The van der Waals surface area contributed by atoms with Crippen molar-refractivity contribution >= 4 is 0 Å². The Labute approximate surface area is 99.4 Å². The van der Waals surface area contributed by atoms with Gasteiger partial charge in [-0.3, -0.25) is 5.10 Å². The lowest BCUT2D eigenvalue weighted by molar-refractivity contribution is 0.433. The predicted molar refractivity (Wildman–Crippen MR) is 62.8 cm³/mol. The molecule has 0 saturated carbocycles. The van der Waals surface area contributed by atoms with Crippen molar-refractivity contribution < 1.29 is 4.74 Å². The van der Waals surface area contributed by atoms with Crippen molar-refractivity contribution in [1.29, 1.82) is 0 Å². The number of aromatic amines is 1. The van der Waals surface area contributed by atoms with Crippen molar-refractivity contribution in [2.45, 2.75) is 20.4 Å². The third kappa shape index (κ3) is 3.01. The highest BCUT2D eigenvalue weighted by molar-refractivity contribution is 5.27. The van der Waals surface area contributed by atoms with E-state index < -0.39 is 0 Å². The second-order valence-electron chi connectivity index (χ2n) is 3.62.